The third-order valence-corrected chi connectivity index (χ3v) is 3.90. The Labute approximate surface area is 101 Å². The Kier molecular flexibility index (Phi) is 2.72. The van der Waals surface area contributed by atoms with Crippen LogP contribution in [0.2, 0.25) is 0 Å². The Bertz CT molecular complexity index is 535. The summed E-state index contributed by atoms with van der Waals surface area (Å²) in [5.41, 5.74) is 6.23. The summed E-state index contributed by atoms with van der Waals surface area (Å²) >= 11 is 1.33. The molecule has 0 spiro atoms. The number of carbonyl (C=O) groups excluding carboxylic acids is 3. The standard InChI is InChI=1S/C10H11N3O3S/c1-4-5(3-6(11)14)7-8(15)12-10(16)13(2)9(7)17-4/h3H2,1-2H3,(H2,11,14)(H,12,15,16)/p+1. The van der Waals surface area contributed by atoms with Crippen LogP contribution >= 0.6 is 11.3 Å². The quantitative estimate of drug-likeness (QED) is 0.734. The van der Waals surface area contributed by atoms with E-state index in [0.29, 0.717) is 16.1 Å². The monoisotopic (exact) mass is 254 g/mol. The summed E-state index contributed by atoms with van der Waals surface area (Å²) in [5, 5.41) is 1.63. The van der Waals surface area contributed by atoms with Crippen molar-refractivity contribution < 1.29 is 19.7 Å². The fraction of sp³-hybridized carbons (Fsp3) is 0.300. The molecule has 2 heterocycles. The van der Waals surface area contributed by atoms with Crippen molar-refractivity contribution in [2.75, 3.05) is 11.9 Å². The van der Waals surface area contributed by atoms with Gasteiger partial charge >= 0.3 is 11.9 Å². The van der Waals surface area contributed by atoms with Gasteiger partial charge in [-0.05, 0) is 12.5 Å². The number of thiophene rings is 1. The van der Waals surface area contributed by atoms with Crippen molar-refractivity contribution in [3.8, 4) is 0 Å². The predicted molar refractivity (Wildman–Crippen MR) is 62.0 cm³/mol. The average molecular weight is 254 g/mol. The smallest absolute Gasteiger partial charge is 0.369 e. The minimum absolute atomic E-state index is 0.0271. The highest BCUT2D eigenvalue weighted by atomic mass is 32.1. The van der Waals surface area contributed by atoms with Crippen LogP contribution in [0.5, 0.6) is 0 Å². The van der Waals surface area contributed by atoms with Gasteiger partial charge in [-0.15, -0.1) is 11.3 Å². The number of hydrogen-bond donors (Lipinski definition) is 2. The van der Waals surface area contributed by atoms with Crippen molar-refractivity contribution in [2.45, 2.75) is 13.3 Å². The van der Waals surface area contributed by atoms with Gasteiger partial charge in [-0.25, -0.2) is 9.59 Å². The van der Waals surface area contributed by atoms with E-state index in [4.69, 9.17) is 5.73 Å². The Hall–Kier alpha value is -1.73. The second kappa shape index (κ2) is 3.94. The van der Waals surface area contributed by atoms with E-state index in [-0.39, 0.29) is 18.4 Å². The van der Waals surface area contributed by atoms with Crippen LogP contribution in [0.4, 0.5) is 9.80 Å². The van der Waals surface area contributed by atoms with Gasteiger partial charge in [0, 0.05) is 11.9 Å². The molecule has 1 aromatic heterocycles. The molecule has 2 rings (SSSR count). The lowest BCUT2D eigenvalue weighted by molar-refractivity contribution is -0.449. The second-order valence-electron chi connectivity index (χ2n) is 3.87. The van der Waals surface area contributed by atoms with Crippen LogP contribution in [0.15, 0.2) is 0 Å². The number of primary amides is 3. The molecular formula is C10H12N3O3S+. The molecular weight excluding hydrogens is 242 g/mol. The van der Waals surface area contributed by atoms with Crippen LogP contribution < -0.4 is 16.0 Å². The molecule has 0 unspecified atom stereocenters. The molecule has 0 aliphatic carbocycles. The fourth-order valence-corrected chi connectivity index (χ4v) is 2.96. The van der Waals surface area contributed by atoms with Gasteiger partial charge in [0.2, 0.25) is 5.91 Å². The van der Waals surface area contributed by atoms with Crippen molar-refractivity contribution in [1.82, 2.24) is 0 Å². The summed E-state index contributed by atoms with van der Waals surface area (Å²) in [5.74, 6) is -0.829. The van der Waals surface area contributed by atoms with E-state index in [2.05, 4.69) is 0 Å². The van der Waals surface area contributed by atoms with Gasteiger partial charge in [0.15, 0.2) is 0 Å². The molecule has 0 bridgehead atoms. The molecule has 90 valence electrons. The van der Waals surface area contributed by atoms with Crippen LogP contribution in [0.25, 0.3) is 0 Å². The van der Waals surface area contributed by atoms with E-state index in [1.807, 2.05) is 6.92 Å². The number of urea groups is 1. The van der Waals surface area contributed by atoms with Crippen LogP contribution in [0.1, 0.15) is 20.8 Å². The number of anilines is 1. The molecule has 0 saturated heterocycles. The normalized spacial score (nSPS) is 15.1. The number of rotatable bonds is 2. The third kappa shape index (κ3) is 1.83. The zero-order valence-electron chi connectivity index (χ0n) is 9.44. The van der Waals surface area contributed by atoms with Gasteiger partial charge in [0.25, 0.3) is 0 Å². The summed E-state index contributed by atoms with van der Waals surface area (Å²) < 4.78 is 0. The van der Waals surface area contributed by atoms with Crippen LogP contribution in [0.3, 0.4) is 0 Å². The Morgan fingerprint density at radius 2 is 2.12 bits per heavy atom. The van der Waals surface area contributed by atoms with Crippen molar-refractivity contribution >= 4 is 34.2 Å². The number of nitrogens with two attached hydrogens (primary N) is 2. The van der Waals surface area contributed by atoms with Gasteiger partial charge in [0.1, 0.15) is 10.6 Å². The molecule has 6 nitrogen and oxygen atoms in total. The first-order chi connectivity index (χ1) is 7.91. The topological polar surface area (TPSA) is 97.1 Å². The van der Waals surface area contributed by atoms with Crippen molar-refractivity contribution in [1.29, 1.82) is 0 Å². The zero-order valence-corrected chi connectivity index (χ0v) is 10.3. The minimum atomic E-state index is -0.485. The minimum Gasteiger partial charge on any atom is -0.369 e. The van der Waals surface area contributed by atoms with Crippen molar-refractivity contribution in [3.05, 3.63) is 16.0 Å². The van der Waals surface area contributed by atoms with E-state index in [0.717, 1.165) is 10.2 Å². The number of hydrogen-bond acceptors (Lipinski definition) is 4. The van der Waals surface area contributed by atoms with E-state index >= 15 is 0 Å². The summed E-state index contributed by atoms with van der Waals surface area (Å²) in [4.78, 5) is 36.5. The highest BCUT2D eigenvalue weighted by Crippen LogP contribution is 2.36. The molecule has 7 heteroatoms. The van der Waals surface area contributed by atoms with Crippen LogP contribution in [0, 0.1) is 6.92 Å². The Morgan fingerprint density at radius 1 is 1.47 bits per heavy atom. The molecule has 4 N–H and O–H groups in total. The number of amides is 4. The number of fused-ring (bicyclic) bond motifs is 1. The lowest BCUT2D eigenvalue weighted by Gasteiger charge is -2.17. The predicted octanol–water partition coefficient (Wildman–Crippen LogP) is -0.642. The van der Waals surface area contributed by atoms with E-state index in [9.17, 15) is 14.4 Å². The highest BCUT2D eigenvalue weighted by molar-refractivity contribution is 7.17. The lowest BCUT2D eigenvalue weighted by atomic mass is 10.1. The highest BCUT2D eigenvalue weighted by Gasteiger charge is 2.37. The number of carbonyl (C=O) groups is 3. The Balaban J connectivity index is 2.58. The van der Waals surface area contributed by atoms with Crippen molar-refractivity contribution in [3.63, 3.8) is 0 Å². The molecule has 0 fully saturated rings. The SMILES string of the molecule is Cc1sc2c(c1CC(N)=O)C(=O)[NH2+]C(=O)N2C. The molecule has 1 aliphatic rings. The maximum absolute atomic E-state index is 11.8. The van der Waals surface area contributed by atoms with Gasteiger partial charge in [-0.1, -0.05) is 0 Å². The number of quaternary nitrogens is 1. The summed E-state index contributed by atoms with van der Waals surface area (Å²) in [7, 11) is 1.61. The average Bonchev–Trinajstić information content (AvgIpc) is 2.53. The third-order valence-electron chi connectivity index (χ3n) is 2.68. The van der Waals surface area contributed by atoms with Gasteiger partial charge in [0.05, 0.1) is 6.42 Å². The van der Waals surface area contributed by atoms with E-state index in [1.165, 1.54) is 16.2 Å². The first-order valence-corrected chi connectivity index (χ1v) is 5.80. The molecule has 0 aromatic carbocycles. The van der Waals surface area contributed by atoms with E-state index < -0.39 is 5.91 Å². The number of nitrogens with zero attached hydrogens (tertiary/aromatic N) is 1. The van der Waals surface area contributed by atoms with Gasteiger partial charge < -0.3 is 5.73 Å². The van der Waals surface area contributed by atoms with Gasteiger partial charge in [-0.3, -0.25) is 9.69 Å². The largest absolute Gasteiger partial charge is 0.428 e. The molecule has 0 atom stereocenters. The first-order valence-electron chi connectivity index (χ1n) is 4.99. The molecule has 1 aliphatic heterocycles. The van der Waals surface area contributed by atoms with E-state index in [1.54, 1.807) is 7.05 Å². The second-order valence-corrected chi connectivity index (χ2v) is 5.07. The first kappa shape index (κ1) is 11.7. The van der Waals surface area contributed by atoms with Crippen LogP contribution in [-0.2, 0) is 11.2 Å². The summed E-state index contributed by atoms with van der Waals surface area (Å²) in [6.07, 6.45) is 0.0271. The number of aryl methyl sites for hydroxylation is 1. The molecule has 4 amide bonds. The zero-order chi connectivity index (χ0) is 12.7. The fourth-order valence-electron chi connectivity index (χ4n) is 1.82. The molecule has 0 radical (unpaired) electrons. The molecule has 17 heavy (non-hydrogen) atoms. The van der Waals surface area contributed by atoms with Crippen molar-refractivity contribution in [2.24, 2.45) is 5.73 Å². The lowest BCUT2D eigenvalue weighted by Crippen LogP contribution is -2.95. The van der Waals surface area contributed by atoms with Gasteiger partial charge in [-0.2, -0.15) is 5.32 Å². The summed E-state index contributed by atoms with van der Waals surface area (Å²) in [6.45, 7) is 1.81. The Morgan fingerprint density at radius 3 is 2.71 bits per heavy atom. The molecule has 0 saturated carbocycles. The maximum atomic E-state index is 11.8. The van der Waals surface area contributed by atoms with Crippen LogP contribution in [-0.4, -0.2) is 24.9 Å². The maximum Gasteiger partial charge on any atom is 0.428 e. The molecule has 1 aromatic rings. The summed E-state index contributed by atoms with van der Waals surface area (Å²) in [6, 6.07) is -0.339. The number of imide groups is 1.